The van der Waals surface area contributed by atoms with Crippen LogP contribution in [-0.2, 0) is 0 Å². The van der Waals surface area contributed by atoms with E-state index in [1.54, 1.807) is 0 Å². The number of hydrogen-bond acceptors (Lipinski definition) is 2. The van der Waals surface area contributed by atoms with Gasteiger partial charge in [-0.05, 0) is 18.1 Å². The van der Waals surface area contributed by atoms with Crippen LogP contribution >= 0.6 is 0 Å². The van der Waals surface area contributed by atoms with Gasteiger partial charge >= 0.3 is 0 Å². The van der Waals surface area contributed by atoms with Crippen LogP contribution in [0.3, 0.4) is 0 Å². The molecular formula is C15H13NO2. The summed E-state index contributed by atoms with van der Waals surface area (Å²) in [7, 11) is 0. The van der Waals surface area contributed by atoms with Gasteiger partial charge in [-0.25, -0.2) is 0 Å². The van der Waals surface area contributed by atoms with Crippen molar-refractivity contribution in [2.45, 2.75) is 6.92 Å². The average Bonchev–Trinajstić information content (AvgIpc) is 2.38. The summed E-state index contributed by atoms with van der Waals surface area (Å²) in [6, 6.07) is 17.1. The van der Waals surface area contributed by atoms with Crippen LogP contribution in [0.25, 0.3) is 5.57 Å². The highest BCUT2D eigenvalue weighted by atomic mass is 16.6. The van der Waals surface area contributed by atoms with Crippen molar-refractivity contribution in [1.82, 2.24) is 0 Å². The fraction of sp³-hybridized carbons (Fsp3) is 0.0667. The lowest BCUT2D eigenvalue weighted by molar-refractivity contribution is -0.401. The van der Waals surface area contributed by atoms with E-state index in [2.05, 4.69) is 0 Å². The van der Waals surface area contributed by atoms with Gasteiger partial charge in [0.05, 0.1) is 10.5 Å². The Balaban J connectivity index is 2.51. The highest BCUT2D eigenvalue weighted by Gasteiger charge is 2.08. The maximum absolute atomic E-state index is 10.8. The molecule has 18 heavy (non-hydrogen) atoms. The molecule has 90 valence electrons. The summed E-state index contributed by atoms with van der Waals surface area (Å²) in [5, 5.41) is 10.8. The zero-order valence-corrected chi connectivity index (χ0v) is 10.0. The fourth-order valence-electron chi connectivity index (χ4n) is 1.77. The molecule has 0 unspecified atom stereocenters. The number of aryl methyl sites for hydroxylation is 1. The fourth-order valence-corrected chi connectivity index (χ4v) is 1.77. The van der Waals surface area contributed by atoms with E-state index >= 15 is 0 Å². The molecule has 0 aliphatic carbocycles. The molecule has 0 atom stereocenters. The molecule has 0 amide bonds. The molecular weight excluding hydrogens is 226 g/mol. The van der Waals surface area contributed by atoms with E-state index in [0.29, 0.717) is 5.57 Å². The van der Waals surface area contributed by atoms with Gasteiger partial charge in [-0.2, -0.15) is 0 Å². The van der Waals surface area contributed by atoms with Crippen molar-refractivity contribution in [3.63, 3.8) is 0 Å². The summed E-state index contributed by atoms with van der Waals surface area (Å²) >= 11 is 0. The summed E-state index contributed by atoms with van der Waals surface area (Å²) in [5.41, 5.74) is 3.45. The van der Waals surface area contributed by atoms with E-state index in [0.717, 1.165) is 22.9 Å². The average molecular weight is 239 g/mol. The molecule has 0 fully saturated rings. The van der Waals surface area contributed by atoms with E-state index in [1.807, 2.05) is 61.5 Å². The molecule has 0 aliphatic heterocycles. The summed E-state index contributed by atoms with van der Waals surface area (Å²) in [6.45, 7) is 1.99. The number of rotatable bonds is 3. The van der Waals surface area contributed by atoms with Gasteiger partial charge in [0, 0.05) is 0 Å². The van der Waals surface area contributed by atoms with Crippen molar-refractivity contribution >= 4 is 5.57 Å². The first-order valence-electron chi connectivity index (χ1n) is 5.64. The molecule has 0 aromatic heterocycles. The van der Waals surface area contributed by atoms with Crippen LogP contribution in [0, 0.1) is 17.0 Å². The normalized spacial score (nSPS) is 11.3. The minimum absolute atomic E-state index is 0.414. The molecule has 0 spiro atoms. The summed E-state index contributed by atoms with van der Waals surface area (Å²) in [4.78, 5) is 10.3. The molecule has 0 N–H and O–H groups in total. The topological polar surface area (TPSA) is 43.1 Å². The SMILES string of the molecule is Cc1ccc(/C(=C/[N+](=O)[O-])c2ccccc2)cc1. The molecule has 2 aromatic carbocycles. The third kappa shape index (κ3) is 2.83. The lowest BCUT2D eigenvalue weighted by Crippen LogP contribution is -1.93. The zero-order chi connectivity index (χ0) is 13.0. The Bertz CT molecular complexity index is 571. The first-order chi connectivity index (χ1) is 8.66. The van der Waals surface area contributed by atoms with E-state index in [-0.39, 0.29) is 0 Å². The monoisotopic (exact) mass is 239 g/mol. The van der Waals surface area contributed by atoms with Crippen LogP contribution in [0.1, 0.15) is 16.7 Å². The molecule has 2 aromatic rings. The van der Waals surface area contributed by atoms with Gasteiger partial charge in [0.15, 0.2) is 0 Å². The maximum atomic E-state index is 10.8. The second-order valence-corrected chi connectivity index (χ2v) is 4.06. The first-order valence-corrected chi connectivity index (χ1v) is 5.64. The van der Waals surface area contributed by atoms with Crippen LogP contribution in [0.5, 0.6) is 0 Å². The number of nitrogens with zero attached hydrogens (tertiary/aromatic N) is 1. The summed E-state index contributed by atoms with van der Waals surface area (Å²) < 4.78 is 0. The number of hydrogen-bond donors (Lipinski definition) is 0. The van der Waals surface area contributed by atoms with Gasteiger partial charge < -0.3 is 0 Å². The molecule has 0 bridgehead atoms. The minimum Gasteiger partial charge on any atom is -0.259 e. The second kappa shape index (κ2) is 5.27. The Morgan fingerprint density at radius 2 is 1.56 bits per heavy atom. The van der Waals surface area contributed by atoms with Gasteiger partial charge in [0.1, 0.15) is 0 Å². The summed E-state index contributed by atoms with van der Waals surface area (Å²) in [6.07, 6.45) is 1.06. The Hall–Kier alpha value is -2.42. The zero-order valence-electron chi connectivity index (χ0n) is 10.0. The molecule has 0 saturated carbocycles. The van der Waals surface area contributed by atoms with E-state index in [9.17, 15) is 10.1 Å². The minimum atomic E-state index is -0.414. The molecule has 3 heteroatoms. The number of nitro groups is 1. The largest absolute Gasteiger partial charge is 0.259 e. The van der Waals surface area contributed by atoms with E-state index in [4.69, 9.17) is 0 Å². The van der Waals surface area contributed by atoms with E-state index < -0.39 is 4.92 Å². The Kier molecular flexibility index (Phi) is 3.53. The van der Waals surface area contributed by atoms with Crippen molar-refractivity contribution in [1.29, 1.82) is 0 Å². The van der Waals surface area contributed by atoms with Crippen molar-refractivity contribution in [3.8, 4) is 0 Å². The standard InChI is InChI=1S/C15H13NO2/c1-12-7-9-14(10-8-12)15(11-16(17)18)13-5-3-2-4-6-13/h2-11H,1H3/b15-11+. The van der Waals surface area contributed by atoms with Crippen LogP contribution in [0.2, 0.25) is 0 Å². The Morgan fingerprint density at radius 3 is 2.11 bits per heavy atom. The number of benzene rings is 2. The van der Waals surface area contributed by atoms with Crippen LogP contribution in [0.4, 0.5) is 0 Å². The third-order valence-electron chi connectivity index (χ3n) is 2.68. The molecule has 2 rings (SSSR count). The van der Waals surface area contributed by atoms with Gasteiger partial charge in [-0.3, -0.25) is 10.1 Å². The van der Waals surface area contributed by atoms with Gasteiger partial charge in [0.25, 0.3) is 0 Å². The molecule has 0 heterocycles. The van der Waals surface area contributed by atoms with Crippen LogP contribution < -0.4 is 0 Å². The van der Waals surface area contributed by atoms with Crippen LogP contribution in [-0.4, -0.2) is 4.92 Å². The van der Waals surface area contributed by atoms with Gasteiger partial charge in [0.2, 0.25) is 6.20 Å². The van der Waals surface area contributed by atoms with Gasteiger partial charge in [-0.15, -0.1) is 0 Å². The van der Waals surface area contributed by atoms with Crippen molar-refractivity contribution in [2.75, 3.05) is 0 Å². The Labute approximate surface area is 106 Å². The molecule has 0 saturated heterocycles. The maximum Gasteiger partial charge on any atom is 0.242 e. The lowest BCUT2D eigenvalue weighted by atomic mass is 9.98. The quantitative estimate of drug-likeness (QED) is 0.606. The van der Waals surface area contributed by atoms with Gasteiger partial charge in [-0.1, -0.05) is 60.2 Å². The van der Waals surface area contributed by atoms with Crippen molar-refractivity contribution in [2.24, 2.45) is 0 Å². The second-order valence-electron chi connectivity index (χ2n) is 4.06. The van der Waals surface area contributed by atoms with E-state index in [1.165, 1.54) is 0 Å². The van der Waals surface area contributed by atoms with Crippen LogP contribution in [0.15, 0.2) is 60.8 Å². The molecule has 0 aliphatic rings. The highest BCUT2D eigenvalue weighted by Crippen LogP contribution is 2.23. The summed E-state index contributed by atoms with van der Waals surface area (Å²) in [5.74, 6) is 0. The third-order valence-corrected chi connectivity index (χ3v) is 2.68. The smallest absolute Gasteiger partial charge is 0.242 e. The lowest BCUT2D eigenvalue weighted by Gasteiger charge is -2.05. The van der Waals surface area contributed by atoms with Crippen molar-refractivity contribution in [3.05, 3.63) is 87.6 Å². The highest BCUT2D eigenvalue weighted by molar-refractivity contribution is 5.78. The predicted molar refractivity (Wildman–Crippen MR) is 71.7 cm³/mol. The van der Waals surface area contributed by atoms with Crippen molar-refractivity contribution < 1.29 is 4.92 Å². The predicted octanol–water partition coefficient (Wildman–Crippen LogP) is 3.66. The first kappa shape index (κ1) is 12.0. The Morgan fingerprint density at radius 1 is 1.00 bits per heavy atom. The molecule has 0 radical (unpaired) electrons. The molecule has 3 nitrogen and oxygen atoms in total.